The SMILES string of the molecule is NNC(c1cnns1)c1ccc(F)cc1F. The monoisotopic (exact) mass is 242 g/mol. The average molecular weight is 242 g/mol. The zero-order chi connectivity index (χ0) is 11.5. The van der Waals surface area contributed by atoms with Crippen molar-refractivity contribution in [1.82, 2.24) is 15.0 Å². The number of nitrogens with two attached hydrogens (primary N) is 1. The average Bonchev–Trinajstić information content (AvgIpc) is 2.75. The van der Waals surface area contributed by atoms with Crippen LogP contribution < -0.4 is 11.3 Å². The Morgan fingerprint density at radius 3 is 2.75 bits per heavy atom. The molecule has 4 nitrogen and oxygen atoms in total. The van der Waals surface area contributed by atoms with E-state index in [1.54, 1.807) is 0 Å². The van der Waals surface area contributed by atoms with Gasteiger partial charge in [-0.2, -0.15) is 0 Å². The van der Waals surface area contributed by atoms with Crippen molar-refractivity contribution in [3.8, 4) is 0 Å². The van der Waals surface area contributed by atoms with E-state index in [1.165, 1.54) is 18.3 Å². The van der Waals surface area contributed by atoms with Crippen LogP contribution in [0.2, 0.25) is 0 Å². The van der Waals surface area contributed by atoms with E-state index >= 15 is 0 Å². The predicted molar refractivity (Wildman–Crippen MR) is 55.4 cm³/mol. The smallest absolute Gasteiger partial charge is 0.131 e. The molecule has 0 amide bonds. The van der Waals surface area contributed by atoms with Gasteiger partial charge in [0.25, 0.3) is 0 Å². The van der Waals surface area contributed by atoms with Gasteiger partial charge in [0, 0.05) is 11.6 Å². The van der Waals surface area contributed by atoms with E-state index in [0.717, 1.165) is 17.6 Å². The molecular formula is C9H8F2N4S. The van der Waals surface area contributed by atoms with Gasteiger partial charge in [-0.15, -0.1) is 5.10 Å². The summed E-state index contributed by atoms with van der Waals surface area (Å²) in [6.45, 7) is 0. The third-order valence-corrected chi connectivity index (χ3v) is 2.83. The van der Waals surface area contributed by atoms with Crippen molar-refractivity contribution in [3.63, 3.8) is 0 Å². The summed E-state index contributed by atoms with van der Waals surface area (Å²) in [5.41, 5.74) is 2.71. The van der Waals surface area contributed by atoms with Crippen LogP contribution in [0.1, 0.15) is 16.5 Å². The number of nitrogens with zero attached hydrogens (tertiary/aromatic N) is 2. The van der Waals surface area contributed by atoms with Crippen LogP contribution >= 0.6 is 11.5 Å². The highest BCUT2D eigenvalue weighted by Gasteiger charge is 2.18. The summed E-state index contributed by atoms with van der Waals surface area (Å²) in [5, 5.41) is 3.64. The number of nitrogens with one attached hydrogen (secondary N) is 1. The fourth-order valence-corrected chi connectivity index (χ4v) is 1.95. The van der Waals surface area contributed by atoms with Crippen LogP contribution in [0.25, 0.3) is 0 Å². The maximum atomic E-state index is 13.5. The molecule has 0 fully saturated rings. The maximum absolute atomic E-state index is 13.5. The van der Waals surface area contributed by atoms with E-state index in [4.69, 9.17) is 5.84 Å². The molecule has 1 unspecified atom stereocenters. The number of hydrazine groups is 1. The summed E-state index contributed by atoms with van der Waals surface area (Å²) in [5.74, 6) is 4.06. The molecule has 0 aliphatic heterocycles. The first-order valence-electron chi connectivity index (χ1n) is 4.40. The first-order valence-corrected chi connectivity index (χ1v) is 5.18. The van der Waals surface area contributed by atoms with Gasteiger partial charge < -0.3 is 0 Å². The zero-order valence-corrected chi connectivity index (χ0v) is 8.84. The summed E-state index contributed by atoms with van der Waals surface area (Å²) in [6.07, 6.45) is 1.48. The first-order chi connectivity index (χ1) is 7.72. The van der Waals surface area contributed by atoms with Crippen molar-refractivity contribution in [2.45, 2.75) is 6.04 Å². The minimum atomic E-state index is -0.656. The molecule has 1 aromatic heterocycles. The molecule has 0 spiro atoms. The Labute approximate surface area is 94.2 Å². The number of hydrogen-bond donors (Lipinski definition) is 2. The topological polar surface area (TPSA) is 63.8 Å². The lowest BCUT2D eigenvalue weighted by Crippen LogP contribution is -2.29. The Balaban J connectivity index is 2.41. The summed E-state index contributed by atoms with van der Waals surface area (Å²) in [6, 6.07) is 2.76. The minimum Gasteiger partial charge on any atom is -0.271 e. The van der Waals surface area contributed by atoms with Gasteiger partial charge in [0.05, 0.1) is 17.1 Å². The molecule has 2 aromatic rings. The Morgan fingerprint density at radius 2 is 2.19 bits per heavy atom. The van der Waals surface area contributed by atoms with Crippen LogP contribution in [0.3, 0.4) is 0 Å². The molecule has 0 aliphatic rings. The molecule has 0 radical (unpaired) electrons. The second-order valence-electron chi connectivity index (χ2n) is 3.09. The largest absolute Gasteiger partial charge is 0.271 e. The van der Waals surface area contributed by atoms with Crippen molar-refractivity contribution in [2.24, 2.45) is 5.84 Å². The van der Waals surface area contributed by atoms with Gasteiger partial charge in [-0.05, 0) is 17.6 Å². The summed E-state index contributed by atoms with van der Waals surface area (Å²) in [7, 11) is 0. The van der Waals surface area contributed by atoms with E-state index in [2.05, 4.69) is 15.0 Å². The van der Waals surface area contributed by atoms with Crippen molar-refractivity contribution < 1.29 is 8.78 Å². The van der Waals surface area contributed by atoms with Crippen LogP contribution in [-0.4, -0.2) is 9.59 Å². The third-order valence-electron chi connectivity index (χ3n) is 2.10. The van der Waals surface area contributed by atoms with Crippen molar-refractivity contribution >= 4 is 11.5 Å². The quantitative estimate of drug-likeness (QED) is 0.630. The van der Waals surface area contributed by atoms with E-state index < -0.39 is 17.7 Å². The van der Waals surface area contributed by atoms with Gasteiger partial charge in [-0.25, -0.2) is 14.2 Å². The number of aromatic nitrogens is 2. The Kier molecular flexibility index (Phi) is 3.18. The molecule has 0 bridgehead atoms. The molecule has 1 aromatic carbocycles. The first kappa shape index (κ1) is 11.1. The Bertz CT molecular complexity index is 474. The number of hydrogen-bond acceptors (Lipinski definition) is 5. The molecule has 2 rings (SSSR count). The molecule has 16 heavy (non-hydrogen) atoms. The molecule has 0 saturated heterocycles. The molecule has 1 heterocycles. The number of halogens is 2. The normalized spacial score (nSPS) is 12.7. The van der Waals surface area contributed by atoms with Gasteiger partial charge in [-0.1, -0.05) is 10.6 Å². The minimum absolute atomic E-state index is 0.259. The molecule has 3 N–H and O–H groups in total. The predicted octanol–water partition coefficient (Wildman–Crippen LogP) is 1.37. The van der Waals surface area contributed by atoms with Gasteiger partial charge >= 0.3 is 0 Å². The van der Waals surface area contributed by atoms with Gasteiger partial charge in [0.1, 0.15) is 11.6 Å². The molecule has 84 valence electrons. The molecule has 0 aliphatic carbocycles. The molecular weight excluding hydrogens is 234 g/mol. The zero-order valence-electron chi connectivity index (χ0n) is 8.02. The molecule has 1 atom stereocenters. The fraction of sp³-hybridized carbons (Fsp3) is 0.111. The highest BCUT2D eigenvalue weighted by Crippen LogP contribution is 2.25. The van der Waals surface area contributed by atoms with Crippen molar-refractivity contribution in [3.05, 3.63) is 46.5 Å². The van der Waals surface area contributed by atoms with E-state index in [1.807, 2.05) is 0 Å². The Hall–Kier alpha value is -1.44. The Morgan fingerprint density at radius 1 is 1.38 bits per heavy atom. The van der Waals surface area contributed by atoms with Gasteiger partial charge in [0.2, 0.25) is 0 Å². The summed E-state index contributed by atoms with van der Waals surface area (Å²) < 4.78 is 29.9. The highest BCUT2D eigenvalue weighted by molar-refractivity contribution is 7.05. The van der Waals surface area contributed by atoms with Crippen LogP contribution in [0.15, 0.2) is 24.4 Å². The molecule has 7 heteroatoms. The molecule has 0 saturated carbocycles. The second kappa shape index (κ2) is 4.60. The van der Waals surface area contributed by atoms with Crippen molar-refractivity contribution in [1.29, 1.82) is 0 Å². The summed E-state index contributed by atoms with van der Waals surface area (Å²) >= 11 is 1.10. The van der Waals surface area contributed by atoms with Gasteiger partial charge in [0.15, 0.2) is 0 Å². The lowest BCUT2D eigenvalue weighted by Gasteiger charge is -2.14. The lowest BCUT2D eigenvalue weighted by molar-refractivity contribution is 0.544. The van der Waals surface area contributed by atoms with Gasteiger partial charge in [-0.3, -0.25) is 5.84 Å². The number of rotatable bonds is 3. The van der Waals surface area contributed by atoms with Crippen LogP contribution in [0.5, 0.6) is 0 Å². The lowest BCUT2D eigenvalue weighted by atomic mass is 10.1. The van der Waals surface area contributed by atoms with E-state index in [0.29, 0.717) is 4.88 Å². The maximum Gasteiger partial charge on any atom is 0.131 e. The number of benzene rings is 1. The summed E-state index contributed by atoms with van der Waals surface area (Å²) in [4.78, 5) is 0.660. The fourth-order valence-electron chi connectivity index (χ4n) is 1.36. The third kappa shape index (κ3) is 2.06. The van der Waals surface area contributed by atoms with Crippen LogP contribution in [-0.2, 0) is 0 Å². The van der Waals surface area contributed by atoms with Crippen LogP contribution in [0, 0.1) is 11.6 Å². The van der Waals surface area contributed by atoms with Crippen molar-refractivity contribution in [2.75, 3.05) is 0 Å². The highest BCUT2D eigenvalue weighted by atomic mass is 32.1. The van der Waals surface area contributed by atoms with E-state index in [-0.39, 0.29) is 5.56 Å². The van der Waals surface area contributed by atoms with E-state index in [9.17, 15) is 8.78 Å². The standard InChI is InChI=1S/C9H8F2N4S/c10-5-1-2-6(7(11)3-5)9(14-12)8-4-13-15-16-8/h1-4,9,14H,12H2. The van der Waals surface area contributed by atoms with Crippen LogP contribution in [0.4, 0.5) is 8.78 Å². The second-order valence-corrected chi connectivity index (χ2v) is 3.90.